The number of nitrogens with zero attached hydrogens (tertiary/aromatic N) is 2. The second-order valence-electron chi connectivity index (χ2n) is 13.9. The molecule has 290 valence electrons. The standard InChI is InChI=1S/C39H48ClN5O9/c1-9-24-26(15-14-25(41)34(24)42-10-2)43-36(47)53-31-19-32(46)45(6)27-17-23(18-28(50-7)33(27)40)16-21(3)12-11-13-30(51-8)39(49)20-29(52-37(48)44-39)22(4)35-38(31,5)54-35/h9-15,17-18,22,29-31,35,49H,1,16,19-20,41H2,2-8H3,(H,43,47)(H,44,48)/b13-11+,21-12+,42-10-/t22-,29+,30-,31+,35+,38+,39+/m1/s1. The highest BCUT2D eigenvalue weighted by Crippen LogP contribution is 2.49. The van der Waals surface area contributed by atoms with Gasteiger partial charge in [-0.15, -0.1) is 0 Å². The molecule has 0 unspecified atom stereocenters. The lowest BCUT2D eigenvalue weighted by atomic mass is 9.83. The van der Waals surface area contributed by atoms with Gasteiger partial charge in [-0.1, -0.05) is 55.0 Å². The van der Waals surface area contributed by atoms with Gasteiger partial charge in [0.15, 0.2) is 5.72 Å². The number of allylic oxidation sites excluding steroid dienone is 3. The number of rotatable bonds is 6. The van der Waals surface area contributed by atoms with Gasteiger partial charge < -0.3 is 39.4 Å². The molecule has 3 amide bonds. The van der Waals surface area contributed by atoms with E-state index >= 15 is 0 Å². The molecular weight excluding hydrogens is 718 g/mol. The Labute approximate surface area is 320 Å². The van der Waals surface area contributed by atoms with Crippen LogP contribution < -0.4 is 26.0 Å². The van der Waals surface area contributed by atoms with Gasteiger partial charge in [-0.2, -0.15) is 0 Å². The highest BCUT2D eigenvalue weighted by molar-refractivity contribution is 6.35. The molecule has 0 saturated carbocycles. The number of nitrogen functional groups attached to an aromatic ring is 1. The molecule has 0 aromatic heterocycles. The fourth-order valence-electron chi connectivity index (χ4n) is 7.09. The Morgan fingerprint density at radius 1 is 1.28 bits per heavy atom. The number of anilines is 3. The van der Waals surface area contributed by atoms with Gasteiger partial charge in [0.05, 0.1) is 42.4 Å². The van der Waals surface area contributed by atoms with Crippen LogP contribution in [-0.2, 0) is 30.2 Å². The molecule has 5 rings (SSSR count). The van der Waals surface area contributed by atoms with Gasteiger partial charge in [0, 0.05) is 38.3 Å². The number of hydrogen-bond donors (Lipinski definition) is 4. The number of amides is 3. The van der Waals surface area contributed by atoms with Crippen molar-refractivity contribution in [3.8, 4) is 5.75 Å². The zero-order chi connectivity index (χ0) is 39.5. The van der Waals surface area contributed by atoms with Gasteiger partial charge in [-0.25, -0.2) is 9.59 Å². The Hall–Kier alpha value is -4.89. The molecule has 4 bridgehead atoms. The van der Waals surface area contributed by atoms with E-state index in [0.29, 0.717) is 40.5 Å². The van der Waals surface area contributed by atoms with Crippen molar-refractivity contribution in [3.05, 3.63) is 70.8 Å². The quantitative estimate of drug-likeness (QED) is 0.147. The van der Waals surface area contributed by atoms with E-state index in [9.17, 15) is 19.5 Å². The Morgan fingerprint density at radius 3 is 2.69 bits per heavy atom. The summed E-state index contributed by atoms with van der Waals surface area (Å²) in [4.78, 5) is 46.4. The predicted octanol–water partition coefficient (Wildman–Crippen LogP) is 6.32. The number of fused-ring (bicyclic) bond motifs is 5. The molecule has 2 aromatic rings. The molecule has 3 heterocycles. The van der Waals surface area contributed by atoms with E-state index in [1.807, 2.05) is 13.0 Å². The Bertz CT molecular complexity index is 1900. The minimum atomic E-state index is -1.83. The maximum absolute atomic E-state index is 14.2. The number of nitrogens with two attached hydrogens (primary N) is 1. The maximum atomic E-state index is 14.2. The van der Waals surface area contributed by atoms with Crippen molar-refractivity contribution in [1.82, 2.24) is 5.32 Å². The first-order valence-corrected chi connectivity index (χ1v) is 17.9. The molecule has 14 nitrogen and oxygen atoms in total. The second-order valence-corrected chi connectivity index (χ2v) is 14.3. The first kappa shape index (κ1) is 40.3. The van der Waals surface area contributed by atoms with Crippen LogP contribution in [0.1, 0.15) is 51.7 Å². The smallest absolute Gasteiger partial charge is 0.412 e. The molecule has 2 fully saturated rings. The Balaban J connectivity index is 1.55. The van der Waals surface area contributed by atoms with E-state index in [0.717, 1.165) is 11.1 Å². The summed E-state index contributed by atoms with van der Waals surface area (Å²) in [5.74, 6) is -0.598. The molecule has 0 radical (unpaired) electrons. The second kappa shape index (κ2) is 16.2. The number of aliphatic imine (C=N–C) groups is 1. The molecule has 15 heteroatoms. The SMILES string of the molecule is C=Cc1c(NC(=O)O[C@H]2CC(=O)N(C)c3cc(cc(OC)c3Cl)C/C(C)=C/C=C/[C@@H](OC)[C@@]3(O)C[C@H](OC(=O)N3)[C@@H](C)[C@@H]3O[C@@]23C)ccc(N)c1/N=C\C. The number of alkyl carbamates (subject to hydrolysis) is 1. The monoisotopic (exact) mass is 765 g/mol. The van der Waals surface area contributed by atoms with E-state index in [1.165, 1.54) is 25.2 Å². The van der Waals surface area contributed by atoms with Crippen molar-refractivity contribution < 1.29 is 43.2 Å². The summed E-state index contributed by atoms with van der Waals surface area (Å²) < 4.78 is 29.2. The number of hydrogen-bond acceptors (Lipinski definition) is 11. The molecule has 2 saturated heterocycles. The average molecular weight is 766 g/mol. The third kappa shape index (κ3) is 8.26. The summed E-state index contributed by atoms with van der Waals surface area (Å²) >= 11 is 6.77. The van der Waals surface area contributed by atoms with Gasteiger partial charge in [-0.05, 0) is 57.0 Å². The molecule has 5 N–H and O–H groups in total. The van der Waals surface area contributed by atoms with Crippen LogP contribution in [0.3, 0.4) is 0 Å². The Morgan fingerprint density at radius 2 is 2.02 bits per heavy atom. The number of epoxide rings is 1. The fraction of sp³-hybridized carbons (Fsp3) is 0.436. The van der Waals surface area contributed by atoms with Crippen LogP contribution in [-0.4, -0.2) is 86.4 Å². The van der Waals surface area contributed by atoms with Crippen LogP contribution in [0.2, 0.25) is 5.02 Å². The predicted molar refractivity (Wildman–Crippen MR) is 208 cm³/mol. The summed E-state index contributed by atoms with van der Waals surface area (Å²) in [5, 5.41) is 17.2. The lowest BCUT2D eigenvalue weighted by molar-refractivity contribution is -0.142. The van der Waals surface area contributed by atoms with E-state index in [-0.39, 0.29) is 17.9 Å². The highest BCUT2D eigenvalue weighted by Gasteiger charge is 2.64. The lowest BCUT2D eigenvalue weighted by Crippen LogP contribution is -2.63. The van der Waals surface area contributed by atoms with Crippen LogP contribution in [0.15, 0.2) is 59.6 Å². The van der Waals surface area contributed by atoms with Crippen molar-refractivity contribution in [2.75, 3.05) is 37.2 Å². The number of nitrogens with one attached hydrogen (secondary N) is 2. The van der Waals surface area contributed by atoms with Crippen LogP contribution in [0.25, 0.3) is 6.08 Å². The molecule has 3 aliphatic rings. The van der Waals surface area contributed by atoms with Crippen molar-refractivity contribution in [3.63, 3.8) is 0 Å². The van der Waals surface area contributed by atoms with Crippen LogP contribution in [0.4, 0.5) is 32.3 Å². The van der Waals surface area contributed by atoms with Crippen LogP contribution >= 0.6 is 11.6 Å². The van der Waals surface area contributed by atoms with Crippen molar-refractivity contribution >= 4 is 64.7 Å². The van der Waals surface area contributed by atoms with Gasteiger partial charge in [0.2, 0.25) is 5.91 Å². The molecule has 2 aromatic carbocycles. The highest BCUT2D eigenvalue weighted by atomic mass is 35.5. The first-order valence-electron chi connectivity index (χ1n) is 17.5. The number of aliphatic hydroxyl groups is 1. The fourth-order valence-corrected chi connectivity index (χ4v) is 7.40. The Kier molecular flexibility index (Phi) is 12.1. The number of ether oxygens (including phenoxy) is 5. The maximum Gasteiger partial charge on any atom is 0.412 e. The van der Waals surface area contributed by atoms with Crippen molar-refractivity contribution in [2.24, 2.45) is 10.9 Å². The number of carbonyl (C=O) groups is 3. The summed E-state index contributed by atoms with van der Waals surface area (Å²) in [5.41, 5.74) is 6.82. The molecule has 7 atom stereocenters. The van der Waals surface area contributed by atoms with Crippen LogP contribution in [0.5, 0.6) is 5.75 Å². The third-order valence-electron chi connectivity index (χ3n) is 10.1. The minimum absolute atomic E-state index is 0.0523. The minimum Gasteiger partial charge on any atom is -0.495 e. The van der Waals surface area contributed by atoms with Crippen molar-refractivity contribution in [1.29, 1.82) is 0 Å². The van der Waals surface area contributed by atoms with Crippen LogP contribution in [0, 0.1) is 5.92 Å². The zero-order valence-electron chi connectivity index (χ0n) is 31.5. The van der Waals surface area contributed by atoms with Gasteiger partial charge in [0.25, 0.3) is 0 Å². The summed E-state index contributed by atoms with van der Waals surface area (Å²) in [6.45, 7) is 11.0. The van der Waals surface area contributed by atoms with E-state index in [2.05, 4.69) is 22.2 Å². The first-order chi connectivity index (χ1) is 25.6. The van der Waals surface area contributed by atoms with Gasteiger partial charge in [0.1, 0.15) is 34.7 Å². The largest absolute Gasteiger partial charge is 0.495 e. The molecule has 0 spiro atoms. The lowest BCUT2D eigenvalue weighted by Gasteiger charge is -2.42. The topological polar surface area (TPSA) is 187 Å². The molecular formula is C39H48ClN5O9. The molecule has 54 heavy (non-hydrogen) atoms. The summed E-state index contributed by atoms with van der Waals surface area (Å²) in [6, 6.07) is 6.78. The van der Waals surface area contributed by atoms with E-state index < -0.39 is 59.8 Å². The molecule has 3 aliphatic heterocycles. The number of methoxy groups -OCH3 is 2. The van der Waals surface area contributed by atoms with E-state index in [4.69, 9.17) is 41.0 Å². The van der Waals surface area contributed by atoms with E-state index in [1.54, 1.807) is 70.5 Å². The summed E-state index contributed by atoms with van der Waals surface area (Å²) in [6.07, 6.45) is 3.11. The average Bonchev–Trinajstić information content (AvgIpc) is 3.82. The molecule has 0 aliphatic carbocycles. The normalized spacial score (nSPS) is 30.3. The van der Waals surface area contributed by atoms with Crippen molar-refractivity contribution in [2.45, 2.75) is 82.7 Å². The third-order valence-corrected chi connectivity index (χ3v) is 10.5. The number of halogens is 1. The zero-order valence-corrected chi connectivity index (χ0v) is 32.2. The number of carbonyl (C=O) groups excluding carboxylic acids is 3. The summed E-state index contributed by atoms with van der Waals surface area (Å²) in [7, 11) is 4.50. The van der Waals surface area contributed by atoms with Gasteiger partial charge in [-0.3, -0.25) is 20.4 Å². The number of benzene rings is 2. The van der Waals surface area contributed by atoms with Gasteiger partial charge >= 0.3 is 12.2 Å².